The molecule has 0 atom stereocenters. The summed E-state index contributed by atoms with van der Waals surface area (Å²) in [5, 5.41) is 8.97. The van der Waals surface area contributed by atoms with Crippen molar-refractivity contribution in [3.05, 3.63) is 71.3 Å². The first-order valence-electron chi connectivity index (χ1n) is 7.29. The normalized spacial score (nSPS) is 10.3. The maximum absolute atomic E-state index is 8.97. The Morgan fingerprint density at radius 1 is 0.750 bits per heavy atom. The van der Waals surface area contributed by atoms with Gasteiger partial charge < -0.3 is 5.11 Å². The average Bonchev–Trinajstić information content (AvgIpc) is 2.48. The number of hydrogen-bond donors (Lipinski definition) is 1. The Bertz CT molecular complexity index is 486. The zero-order valence-electron chi connectivity index (χ0n) is 13.0. The highest BCUT2D eigenvalue weighted by Crippen LogP contribution is 2.18. The van der Waals surface area contributed by atoms with Crippen LogP contribution >= 0.6 is 0 Å². The standard InChI is InChI=1S/C10H14O.C9H12/c1-8(2)10-6-4-3-5-9(10)7-11;1-8(2)9-6-4-3-5-7-9/h3-6,8,11H,7H2,1-2H3;3-8H,1-2H3. The van der Waals surface area contributed by atoms with Crippen LogP contribution in [0, 0.1) is 0 Å². The molecule has 0 aliphatic rings. The molecule has 1 heteroatoms. The first-order chi connectivity index (χ1) is 9.56. The summed E-state index contributed by atoms with van der Waals surface area (Å²) in [6.07, 6.45) is 0. The van der Waals surface area contributed by atoms with Crippen LogP contribution in [0.5, 0.6) is 0 Å². The predicted molar refractivity (Wildman–Crippen MR) is 87.0 cm³/mol. The molecule has 0 spiro atoms. The number of rotatable bonds is 3. The minimum atomic E-state index is 0.147. The second-order valence-corrected chi connectivity index (χ2v) is 5.58. The van der Waals surface area contributed by atoms with Gasteiger partial charge in [0.05, 0.1) is 6.61 Å². The van der Waals surface area contributed by atoms with Gasteiger partial charge in [0.15, 0.2) is 0 Å². The third-order valence-electron chi connectivity index (χ3n) is 3.31. The molecule has 1 nitrogen and oxygen atoms in total. The van der Waals surface area contributed by atoms with Crippen molar-refractivity contribution in [2.24, 2.45) is 0 Å². The summed E-state index contributed by atoms with van der Waals surface area (Å²) in [5.74, 6) is 1.16. The van der Waals surface area contributed by atoms with E-state index in [0.717, 1.165) is 5.56 Å². The van der Waals surface area contributed by atoms with Crippen molar-refractivity contribution < 1.29 is 5.11 Å². The Morgan fingerprint density at radius 2 is 1.30 bits per heavy atom. The Balaban J connectivity index is 0.000000204. The van der Waals surface area contributed by atoms with Gasteiger partial charge in [-0.2, -0.15) is 0 Å². The van der Waals surface area contributed by atoms with Crippen molar-refractivity contribution in [1.82, 2.24) is 0 Å². The predicted octanol–water partition coefficient (Wildman–Crippen LogP) is 5.11. The molecular formula is C19H26O. The van der Waals surface area contributed by atoms with Crippen LogP contribution in [-0.4, -0.2) is 5.11 Å². The highest BCUT2D eigenvalue weighted by atomic mass is 16.3. The van der Waals surface area contributed by atoms with E-state index in [1.165, 1.54) is 11.1 Å². The molecule has 0 saturated heterocycles. The van der Waals surface area contributed by atoms with Crippen LogP contribution in [0.25, 0.3) is 0 Å². The number of aliphatic hydroxyl groups is 1. The van der Waals surface area contributed by atoms with Crippen molar-refractivity contribution in [2.45, 2.75) is 46.1 Å². The first-order valence-corrected chi connectivity index (χ1v) is 7.29. The molecule has 2 aromatic rings. The summed E-state index contributed by atoms with van der Waals surface area (Å²) in [4.78, 5) is 0. The van der Waals surface area contributed by atoms with Gasteiger partial charge in [-0.15, -0.1) is 0 Å². The Labute approximate surface area is 123 Å². The largest absolute Gasteiger partial charge is 0.392 e. The highest BCUT2D eigenvalue weighted by Gasteiger charge is 2.02. The molecule has 0 radical (unpaired) electrons. The van der Waals surface area contributed by atoms with Crippen LogP contribution < -0.4 is 0 Å². The minimum Gasteiger partial charge on any atom is -0.392 e. The molecule has 1 N–H and O–H groups in total. The van der Waals surface area contributed by atoms with Crippen LogP contribution in [0.15, 0.2) is 54.6 Å². The number of aliphatic hydroxyl groups excluding tert-OH is 1. The van der Waals surface area contributed by atoms with Gasteiger partial charge in [-0.05, 0) is 28.5 Å². The molecule has 0 heterocycles. The van der Waals surface area contributed by atoms with E-state index in [0.29, 0.717) is 11.8 Å². The zero-order chi connectivity index (χ0) is 15.0. The van der Waals surface area contributed by atoms with Gasteiger partial charge in [0.1, 0.15) is 0 Å². The SMILES string of the molecule is CC(C)c1ccccc1.CC(C)c1ccccc1CO. The molecule has 0 aromatic heterocycles. The lowest BCUT2D eigenvalue weighted by atomic mass is 9.98. The van der Waals surface area contributed by atoms with E-state index >= 15 is 0 Å². The third-order valence-corrected chi connectivity index (χ3v) is 3.31. The molecule has 0 amide bonds. The molecule has 0 bridgehead atoms. The van der Waals surface area contributed by atoms with Gasteiger partial charge in [0.2, 0.25) is 0 Å². The van der Waals surface area contributed by atoms with Gasteiger partial charge in [-0.25, -0.2) is 0 Å². The van der Waals surface area contributed by atoms with E-state index in [1.807, 2.05) is 24.3 Å². The fourth-order valence-corrected chi connectivity index (χ4v) is 2.08. The van der Waals surface area contributed by atoms with Crippen molar-refractivity contribution in [1.29, 1.82) is 0 Å². The number of hydrogen-bond acceptors (Lipinski definition) is 1. The average molecular weight is 270 g/mol. The number of benzene rings is 2. The van der Waals surface area contributed by atoms with Crippen molar-refractivity contribution in [2.75, 3.05) is 0 Å². The lowest BCUT2D eigenvalue weighted by Crippen LogP contribution is -1.94. The lowest BCUT2D eigenvalue weighted by molar-refractivity contribution is 0.280. The summed E-state index contributed by atoms with van der Waals surface area (Å²) >= 11 is 0. The summed E-state index contributed by atoms with van der Waals surface area (Å²) in [7, 11) is 0. The molecule has 0 unspecified atom stereocenters. The topological polar surface area (TPSA) is 20.2 Å². The molecule has 108 valence electrons. The van der Waals surface area contributed by atoms with Crippen LogP contribution in [0.4, 0.5) is 0 Å². The fourth-order valence-electron chi connectivity index (χ4n) is 2.08. The van der Waals surface area contributed by atoms with Gasteiger partial charge in [0, 0.05) is 0 Å². The van der Waals surface area contributed by atoms with Crippen molar-refractivity contribution >= 4 is 0 Å². The molecule has 2 aromatic carbocycles. The van der Waals surface area contributed by atoms with E-state index in [4.69, 9.17) is 5.11 Å². The Morgan fingerprint density at radius 3 is 1.70 bits per heavy atom. The Kier molecular flexibility index (Phi) is 7.03. The monoisotopic (exact) mass is 270 g/mol. The van der Waals surface area contributed by atoms with E-state index in [2.05, 4.69) is 58.0 Å². The van der Waals surface area contributed by atoms with E-state index in [1.54, 1.807) is 0 Å². The van der Waals surface area contributed by atoms with E-state index in [-0.39, 0.29) is 6.61 Å². The summed E-state index contributed by atoms with van der Waals surface area (Å²) in [5.41, 5.74) is 3.70. The molecular weight excluding hydrogens is 244 g/mol. The zero-order valence-corrected chi connectivity index (χ0v) is 13.0. The van der Waals surface area contributed by atoms with Crippen LogP contribution in [0.1, 0.15) is 56.2 Å². The quantitative estimate of drug-likeness (QED) is 0.821. The molecule has 2 rings (SSSR count). The summed E-state index contributed by atoms with van der Waals surface area (Å²) in [6.45, 7) is 8.82. The molecule has 0 aliphatic heterocycles. The second kappa shape index (κ2) is 8.55. The van der Waals surface area contributed by atoms with E-state index < -0.39 is 0 Å². The van der Waals surface area contributed by atoms with Gasteiger partial charge in [0.25, 0.3) is 0 Å². The van der Waals surface area contributed by atoms with Crippen molar-refractivity contribution in [3.8, 4) is 0 Å². The van der Waals surface area contributed by atoms with Crippen LogP contribution in [0.2, 0.25) is 0 Å². The van der Waals surface area contributed by atoms with Gasteiger partial charge in [-0.1, -0.05) is 82.3 Å². The van der Waals surface area contributed by atoms with Gasteiger partial charge >= 0.3 is 0 Å². The fraction of sp³-hybridized carbons (Fsp3) is 0.368. The lowest BCUT2D eigenvalue weighted by Gasteiger charge is -2.09. The van der Waals surface area contributed by atoms with Crippen molar-refractivity contribution in [3.63, 3.8) is 0 Å². The molecule has 0 aliphatic carbocycles. The van der Waals surface area contributed by atoms with Crippen LogP contribution in [0.3, 0.4) is 0 Å². The Hall–Kier alpha value is -1.60. The summed E-state index contributed by atoms with van der Waals surface area (Å²) in [6, 6.07) is 18.5. The maximum Gasteiger partial charge on any atom is 0.0684 e. The highest BCUT2D eigenvalue weighted by molar-refractivity contribution is 5.28. The molecule has 0 saturated carbocycles. The van der Waals surface area contributed by atoms with Crippen LogP contribution in [-0.2, 0) is 6.61 Å². The first kappa shape index (κ1) is 16.5. The maximum atomic E-state index is 8.97. The second-order valence-electron chi connectivity index (χ2n) is 5.58. The third kappa shape index (κ3) is 5.18. The van der Waals surface area contributed by atoms with E-state index in [9.17, 15) is 0 Å². The van der Waals surface area contributed by atoms with Gasteiger partial charge in [-0.3, -0.25) is 0 Å². The molecule has 20 heavy (non-hydrogen) atoms. The molecule has 0 fully saturated rings. The smallest absolute Gasteiger partial charge is 0.0684 e. The minimum absolute atomic E-state index is 0.147. The summed E-state index contributed by atoms with van der Waals surface area (Å²) < 4.78 is 0.